The van der Waals surface area contributed by atoms with Crippen molar-refractivity contribution < 1.29 is 4.79 Å². The average molecular weight is 408 g/mol. The third-order valence-corrected chi connectivity index (χ3v) is 6.39. The summed E-state index contributed by atoms with van der Waals surface area (Å²) in [7, 11) is 0. The van der Waals surface area contributed by atoms with Crippen molar-refractivity contribution in [2.75, 3.05) is 25.0 Å². The molecule has 0 spiro atoms. The lowest BCUT2D eigenvalue weighted by Crippen LogP contribution is -2.38. The lowest BCUT2D eigenvalue weighted by atomic mass is 9.99. The second kappa shape index (κ2) is 8.84. The molecule has 29 heavy (non-hydrogen) atoms. The van der Waals surface area contributed by atoms with Gasteiger partial charge in [0.1, 0.15) is 0 Å². The van der Waals surface area contributed by atoms with Crippen molar-refractivity contribution in [3.63, 3.8) is 0 Å². The first-order valence-electron chi connectivity index (χ1n) is 9.99. The molecule has 0 aliphatic carbocycles. The molecule has 2 heterocycles. The van der Waals surface area contributed by atoms with E-state index in [0.717, 1.165) is 58.2 Å². The highest BCUT2D eigenvalue weighted by molar-refractivity contribution is 7.99. The number of rotatable bonds is 5. The van der Waals surface area contributed by atoms with Crippen molar-refractivity contribution in [2.24, 2.45) is 5.92 Å². The number of aromatic amines is 1. The average Bonchev–Trinajstić information content (AvgIpc) is 2.71. The van der Waals surface area contributed by atoms with Crippen LogP contribution in [0.25, 0.3) is 10.9 Å². The first-order chi connectivity index (χ1) is 14.1. The molecule has 5 nitrogen and oxygen atoms in total. The normalized spacial score (nSPS) is 15.5. The van der Waals surface area contributed by atoms with E-state index in [2.05, 4.69) is 22.1 Å². The summed E-state index contributed by atoms with van der Waals surface area (Å²) in [6.07, 6.45) is 2.33. The predicted octanol–water partition coefficient (Wildman–Crippen LogP) is 4.35. The van der Waals surface area contributed by atoms with Crippen molar-refractivity contribution in [2.45, 2.75) is 29.6 Å². The van der Waals surface area contributed by atoms with Gasteiger partial charge in [0.2, 0.25) is 11.5 Å². The number of nitrogens with zero attached hydrogens (tertiary/aromatic N) is 1. The maximum absolute atomic E-state index is 12.3. The molecule has 0 radical (unpaired) electrons. The van der Waals surface area contributed by atoms with Gasteiger partial charge in [-0.1, -0.05) is 36.9 Å². The summed E-state index contributed by atoms with van der Waals surface area (Å²) in [4.78, 5) is 31.3. The van der Waals surface area contributed by atoms with E-state index in [0.29, 0.717) is 6.54 Å². The Hall–Kier alpha value is -2.57. The molecule has 0 saturated carbocycles. The summed E-state index contributed by atoms with van der Waals surface area (Å²) < 4.78 is 0. The number of H-pyrrole nitrogens is 1. The maximum Gasteiger partial charge on any atom is 0.249 e. The van der Waals surface area contributed by atoms with Crippen LogP contribution in [0, 0.1) is 5.92 Å². The third-order valence-electron chi connectivity index (χ3n) is 5.32. The number of hydrogen-bond donors (Lipinski definition) is 2. The van der Waals surface area contributed by atoms with Crippen LogP contribution >= 0.6 is 11.8 Å². The Balaban J connectivity index is 1.40. The van der Waals surface area contributed by atoms with Crippen LogP contribution in [0.15, 0.2) is 69.2 Å². The quantitative estimate of drug-likeness (QED) is 0.660. The zero-order valence-electron chi connectivity index (χ0n) is 16.5. The molecule has 1 amide bonds. The molecule has 1 aromatic heterocycles. The minimum absolute atomic E-state index is 0.0283. The molecular formula is C23H25N3O2S. The Bertz CT molecular complexity index is 1050. The van der Waals surface area contributed by atoms with Gasteiger partial charge >= 0.3 is 0 Å². The number of para-hydroxylation sites is 1. The van der Waals surface area contributed by atoms with Crippen LogP contribution in [0.1, 0.15) is 19.8 Å². The molecule has 2 aromatic carbocycles. The van der Waals surface area contributed by atoms with Crippen LogP contribution in [0.2, 0.25) is 0 Å². The number of piperidine rings is 1. The number of benzene rings is 2. The third kappa shape index (κ3) is 5.08. The van der Waals surface area contributed by atoms with E-state index in [1.54, 1.807) is 17.8 Å². The Morgan fingerprint density at radius 1 is 1.14 bits per heavy atom. The minimum Gasteiger partial charge on any atom is -0.325 e. The molecule has 1 aliphatic heterocycles. The van der Waals surface area contributed by atoms with Crippen molar-refractivity contribution >= 4 is 34.3 Å². The molecule has 4 rings (SSSR count). The number of likely N-dealkylation sites (tertiary alicyclic amines) is 1. The van der Waals surface area contributed by atoms with E-state index >= 15 is 0 Å². The van der Waals surface area contributed by atoms with E-state index in [4.69, 9.17) is 0 Å². The van der Waals surface area contributed by atoms with Gasteiger partial charge in [-0.2, -0.15) is 0 Å². The van der Waals surface area contributed by atoms with E-state index in [-0.39, 0.29) is 11.5 Å². The highest BCUT2D eigenvalue weighted by Gasteiger charge is 2.18. The van der Waals surface area contributed by atoms with Crippen molar-refractivity contribution in [3.05, 3.63) is 65.0 Å². The lowest BCUT2D eigenvalue weighted by Gasteiger charge is -2.29. The fourth-order valence-electron chi connectivity index (χ4n) is 3.61. The summed E-state index contributed by atoms with van der Waals surface area (Å²) in [6, 6.07) is 17.2. The fraction of sp³-hybridized carbons (Fsp3) is 0.304. The van der Waals surface area contributed by atoms with Crippen LogP contribution in [-0.2, 0) is 4.79 Å². The van der Waals surface area contributed by atoms with Crippen molar-refractivity contribution in [1.82, 2.24) is 9.88 Å². The smallest absolute Gasteiger partial charge is 0.249 e. The van der Waals surface area contributed by atoms with Crippen molar-refractivity contribution in [3.8, 4) is 0 Å². The minimum atomic E-state index is -0.109. The topological polar surface area (TPSA) is 65.2 Å². The van der Waals surface area contributed by atoms with Gasteiger partial charge in [0.05, 0.1) is 6.54 Å². The predicted molar refractivity (Wildman–Crippen MR) is 119 cm³/mol. The van der Waals surface area contributed by atoms with E-state index in [1.165, 1.54) is 0 Å². The summed E-state index contributed by atoms with van der Waals surface area (Å²) >= 11 is 1.55. The largest absolute Gasteiger partial charge is 0.325 e. The Labute approximate surface area is 174 Å². The van der Waals surface area contributed by atoms with Crippen LogP contribution in [0.3, 0.4) is 0 Å². The second-order valence-electron chi connectivity index (χ2n) is 7.68. The zero-order chi connectivity index (χ0) is 20.2. The van der Waals surface area contributed by atoms with Gasteiger partial charge in [0.15, 0.2) is 0 Å². The summed E-state index contributed by atoms with van der Waals surface area (Å²) in [6.45, 7) is 4.70. The number of pyridine rings is 1. The monoisotopic (exact) mass is 407 g/mol. The van der Waals surface area contributed by atoms with Crippen LogP contribution < -0.4 is 10.9 Å². The molecule has 2 N–H and O–H groups in total. The lowest BCUT2D eigenvalue weighted by molar-refractivity contribution is -0.117. The van der Waals surface area contributed by atoms with Crippen LogP contribution in [0.5, 0.6) is 0 Å². The number of aromatic nitrogens is 1. The van der Waals surface area contributed by atoms with E-state index < -0.39 is 0 Å². The fourth-order valence-corrected chi connectivity index (χ4v) is 4.59. The second-order valence-corrected chi connectivity index (χ2v) is 8.79. The SMILES string of the molecule is CC1CCN(CC(=O)Nc2ccc(Sc3cc(=O)[nH]c4ccccc34)cc2)CC1. The Morgan fingerprint density at radius 2 is 1.86 bits per heavy atom. The molecule has 150 valence electrons. The van der Waals surface area contributed by atoms with Gasteiger partial charge in [-0.15, -0.1) is 0 Å². The van der Waals surface area contributed by atoms with E-state index in [9.17, 15) is 9.59 Å². The van der Waals surface area contributed by atoms with Gasteiger partial charge in [-0.3, -0.25) is 14.5 Å². The Kier molecular flexibility index (Phi) is 6.02. The molecular weight excluding hydrogens is 382 g/mol. The van der Waals surface area contributed by atoms with Gasteiger partial charge in [0.25, 0.3) is 0 Å². The van der Waals surface area contributed by atoms with Crippen LogP contribution in [-0.4, -0.2) is 35.4 Å². The van der Waals surface area contributed by atoms with Gasteiger partial charge in [0, 0.05) is 32.4 Å². The summed E-state index contributed by atoms with van der Waals surface area (Å²) in [5.74, 6) is 0.789. The summed E-state index contributed by atoms with van der Waals surface area (Å²) in [5.41, 5.74) is 1.51. The zero-order valence-corrected chi connectivity index (χ0v) is 17.3. The molecule has 1 fully saturated rings. The molecule has 0 atom stereocenters. The Morgan fingerprint density at radius 3 is 2.62 bits per heavy atom. The van der Waals surface area contributed by atoms with Crippen molar-refractivity contribution in [1.29, 1.82) is 0 Å². The number of hydrogen-bond acceptors (Lipinski definition) is 4. The number of amides is 1. The molecule has 0 unspecified atom stereocenters. The van der Waals surface area contributed by atoms with Gasteiger partial charge in [-0.25, -0.2) is 0 Å². The number of carbonyl (C=O) groups excluding carboxylic acids is 1. The number of anilines is 1. The molecule has 3 aromatic rings. The molecule has 0 bridgehead atoms. The number of nitrogens with one attached hydrogen (secondary N) is 2. The molecule has 1 aliphatic rings. The van der Waals surface area contributed by atoms with Gasteiger partial charge < -0.3 is 10.3 Å². The number of carbonyl (C=O) groups is 1. The van der Waals surface area contributed by atoms with E-state index in [1.807, 2.05) is 48.5 Å². The molecule has 1 saturated heterocycles. The van der Waals surface area contributed by atoms with Crippen LogP contribution in [0.4, 0.5) is 5.69 Å². The molecule has 6 heteroatoms. The highest BCUT2D eigenvalue weighted by atomic mass is 32.2. The van der Waals surface area contributed by atoms with Gasteiger partial charge in [-0.05, 0) is 62.2 Å². The summed E-state index contributed by atoms with van der Waals surface area (Å²) in [5, 5.41) is 4.00. The highest BCUT2D eigenvalue weighted by Crippen LogP contribution is 2.32. The standard InChI is InChI=1S/C23H25N3O2S/c1-16-10-12-26(13-11-16)15-23(28)24-17-6-8-18(9-7-17)29-21-14-22(27)25-20-5-3-2-4-19(20)21/h2-9,14,16H,10-13,15H2,1H3,(H,24,28)(H,25,27). The first kappa shape index (κ1) is 19.7. The maximum atomic E-state index is 12.3. The first-order valence-corrected chi connectivity index (χ1v) is 10.8. The number of fused-ring (bicyclic) bond motifs is 1.